The van der Waals surface area contributed by atoms with E-state index in [0.717, 1.165) is 0 Å². The Morgan fingerprint density at radius 1 is 1.50 bits per heavy atom. The number of rotatable bonds is 2. The van der Waals surface area contributed by atoms with Crippen molar-refractivity contribution in [2.45, 2.75) is 5.33 Å². The summed E-state index contributed by atoms with van der Waals surface area (Å²) in [6, 6.07) is 3.68. The van der Waals surface area contributed by atoms with Crippen LogP contribution in [0.25, 0.3) is 0 Å². The molecule has 12 heavy (non-hydrogen) atoms. The number of nitrogens with zero attached hydrogens (tertiary/aromatic N) is 1. The van der Waals surface area contributed by atoms with Crippen LogP contribution in [0.4, 0.5) is 5.69 Å². The molecule has 0 spiro atoms. The highest BCUT2D eigenvalue weighted by molar-refractivity contribution is 9.08. The number of non-ortho nitro benzene ring substituents is 1. The molecule has 0 saturated carbocycles. The molecule has 64 valence electrons. The number of nitro groups is 1. The maximum Gasteiger partial charge on any atom is 0.269 e. The van der Waals surface area contributed by atoms with Crippen LogP contribution in [-0.2, 0) is 5.33 Å². The largest absolute Gasteiger partial charge is 0.872 e. The fraction of sp³-hybridized carbons (Fsp3) is 0.143. The molecule has 1 rings (SSSR count). The van der Waals surface area contributed by atoms with E-state index in [1.807, 2.05) is 0 Å². The lowest BCUT2D eigenvalue weighted by molar-refractivity contribution is -0.385. The summed E-state index contributed by atoms with van der Waals surface area (Å²) in [6.07, 6.45) is 0. The standard InChI is InChI=1S/C7H6BrNO3/c8-4-5-3-6(9(11)12)1-2-7(5)10/h1-3,10H,4H2/p-1. The lowest BCUT2D eigenvalue weighted by Gasteiger charge is -2.09. The Morgan fingerprint density at radius 3 is 2.67 bits per heavy atom. The first-order chi connectivity index (χ1) is 5.65. The minimum atomic E-state index is -0.522. The van der Waals surface area contributed by atoms with Crippen LogP contribution in [0.3, 0.4) is 0 Å². The van der Waals surface area contributed by atoms with Crippen molar-refractivity contribution in [2.75, 3.05) is 0 Å². The van der Waals surface area contributed by atoms with Crippen molar-refractivity contribution in [2.24, 2.45) is 0 Å². The molecule has 0 aliphatic rings. The van der Waals surface area contributed by atoms with Crippen molar-refractivity contribution in [3.63, 3.8) is 0 Å². The van der Waals surface area contributed by atoms with Gasteiger partial charge in [0.25, 0.3) is 5.69 Å². The van der Waals surface area contributed by atoms with E-state index in [0.29, 0.717) is 10.9 Å². The maximum absolute atomic E-state index is 11.0. The molecule has 0 radical (unpaired) electrons. The summed E-state index contributed by atoms with van der Waals surface area (Å²) in [5, 5.41) is 21.6. The van der Waals surface area contributed by atoms with E-state index in [2.05, 4.69) is 15.9 Å². The second kappa shape index (κ2) is 3.53. The summed E-state index contributed by atoms with van der Waals surface area (Å²) in [7, 11) is 0. The Bertz CT molecular complexity index is 314. The average molecular weight is 231 g/mol. The summed E-state index contributed by atoms with van der Waals surface area (Å²) in [4.78, 5) is 9.75. The van der Waals surface area contributed by atoms with E-state index >= 15 is 0 Å². The van der Waals surface area contributed by atoms with Gasteiger partial charge >= 0.3 is 0 Å². The number of halogens is 1. The van der Waals surface area contributed by atoms with Gasteiger partial charge in [0.2, 0.25) is 0 Å². The summed E-state index contributed by atoms with van der Waals surface area (Å²) in [5.74, 6) is -0.183. The molecule has 0 aromatic heterocycles. The molecule has 0 atom stereocenters. The van der Waals surface area contributed by atoms with Gasteiger partial charge in [-0.15, -0.1) is 5.75 Å². The van der Waals surface area contributed by atoms with Crippen molar-refractivity contribution in [1.29, 1.82) is 0 Å². The van der Waals surface area contributed by atoms with E-state index in [1.54, 1.807) is 0 Å². The molecule has 0 unspecified atom stereocenters. The first-order valence-corrected chi connectivity index (χ1v) is 4.27. The van der Waals surface area contributed by atoms with Crippen LogP contribution in [0.2, 0.25) is 0 Å². The molecule has 0 aliphatic heterocycles. The van der Waals surface area contributed by atoms with Gasteiger partial charge in [0.05, 0.1) is 4.92 Å². The van der Waals surface area contributed by atoms with Gasteiger partial charge in [0, 0.05) is 17.5 Å². The molecule has 0 N–H and O–H groups in total. The number of alkyl halides is 1. The van der Waals surface area contributed by atoms with Gasteiger partial charge in [-0.05, 0) is 5.56 Å². The molecule has 0 fully saturated rings. The van der Waals surface area contributed by atoms with Crippen LogP contribution in [0.15, 0.2) is 18.2 Å². The van der Waals surface area contributed by atoms with Gasteiger partial charge in [-0.25, -0.2) is 0 Å². The third-order valence-electron chi connectivity index (χ3n) is 1.40. The summed E-state index contributed by atoms with van der Waals surface area (Å²) in [6.45, 7) is 0. The van der Waals surface area contributed by atoms with Crippen molar-refractivity contribution in [3.05, 3.63) is 33.9 Å². The molecule has 1 aromatic carbocycles. The predicted octanol–water partition coefficient (Wildman–Crippen LogP) is 1.56. The van der Waals surface area contributed by atoms with E-state index < -0.39 is 4.92 Å². The SMILES string of the molecule is O=[N+]([O-])c1ccc([O-])c(CBr)c1. The highest BCUT2D eigenvalue weighted by atomic mass is 79.9. The molecule has 0 saturated heterocycles. The first-order valence-electron chi connectivity index (χ1n) is 3.15. The van der Waals surface area contributed by atoms with Gasteiger partial charge in [0.15, 0.2) is 0 Å². The predicted molar refractivity (Wildman–Crippen MR) is 45.2 cm³/mol. The zero-order valence-corrected chi connectivity index (χ0v) is 7.58. The lowest BCUT2D eigenvalue weighted by Crippen LogP contribution is -1.96. The smallest absolute Gasteiger partial charge is 0.269 e. The van der Waals surface area contributed by atoms with Gasteiger partial charge in [0.1, 0.15) is 0 Å². The van der Waals surface area contributed by atoms with Gasteiger partial charge in [-0.3, -0.25) is 10.1 Å². The third kappa shape index (κ3) is 1.73. The van der Waals surface area contributed by atoms with Crippen molar-refractivity contribution in [1.82, 2.24) is 0 Å². The maximum atomic E-state index is 11.0. The fourth-order valence-corrected chi connectivity index (χ4v) is 1.22. The molecular weight excluding hydrogens is 226 g/mol. The van der Waals surface area contributed by atoms with Crippen molar-refractivity contribution < 1.29 is 10.0 Å². The highest BCUT2D eigenvalue weighted by Crippen LogP contribution is 2.22. The number of hydrogen-bond acceptors (Lipinski definition) is 3. The summed E-state index contributed by atoms with van der Waals surface area (Å²) in [5.41, 5.74) is 0.355. The lowest BCUT2D eigenvalue weighted by atomic mass is 10.2. The first kappa shape index (κ1) is 8.99. The molecule has 0 amide bonds. The molecule has 0 aliphatic carbocycles. The minimum absolute atomic E-state index is 0.0518. The molecule has 4 nitrogen and oxygen atoms in total. The zero-order valence-electron chi connectivity index (χ0n) is 5.99. The summed E-state index contributed by atoms with van der Waals surface area (Å²) < 4.78 is 0. The third-order valence-corrected chi connectivity index (χ3v) is 2.00. The van der Waals surface area contributed by atoms with Gasteiger partial charge in [-0.1, -0.05) is 22.0 Å². The Hall–Kier alpha value is -1.10. The second-order valence-corrected chi connectivity index (χ2v) is 2.74. The second-order valence-electron chi connectivity index (χ2n) is 2.18. The van der Waals surface area contributed by atoms with Crippen LogP contribution in [0.5, 0.6) is 5.75 Å². The normalized spacial score (nSPS) is 9.75. The number of nitro benzene ring substituents is 1. The minimum Gasteiger partial charge on any atom is -0.872 e. The average Bonchev–Trinajstić information content (AvgIpc) is 2.05. The van der Waals surface area contributed by atoms with Gasteiger partial charge in [-0.2, -0.15) is 0 Å². The molecule has 0 bridgehead atoms. The monoisotopic (exact) mass is 230 g/mol. The van der Waals surface area contributed by atoms with E-state index in [9.17, 15) is 15.2 Å². The molecule has 1 aromatic rings. The van der Waals surface area contributed by atoms with Crippen molar-refractivity contribution >= 4 is 21.6 Å². The van der Waals surface area contributed by atoms with E-state index in [-0.39, 0.29) is 11.4 Å². The van der Waals surface area contributed by atoms with Crippen LogP contribution in [-0.4, -0.2) is 4.92 Å². The van der Waals surface area contributed by atoms with E-state index in [1.165, 1.54) is 18.2 Å². The van der Waals surface area contributed by atoms with Gasteiger partial charge < -0.3 is 5.11 Å². The number of benzene rings is 1. The van der Waals surface area contributed by atoms with E-state index in [4.69, 9.17) is 0 Å². The van der Waals surface area contributed by atoms with Crippen LogP contribution < -0.4 is 5.11 Å². The van der Waals surface area contributed by atoms with Crippen molar-refractivity contribution in [3.8, 4) is 5.75 Å². The quantitative estimate of drug-likeness (QED) is 0.440. The van der Waals surface area contributed by atoms with Crippen LogP contribution in [0, 0.1) is 10.1 Å². The molecule has 0 heterocycles. The van der Waals surface area contributed by atoms with Crippen LogP contribution in [0.1, 0.15) is 5.56 Å². The Labute approximate surface area is 77.1 Å². The Morgan fingerprint density at radius 2 is 2.17 bits per heavy atom. The zero-order chi connectivity index (χ0) is 9.14. The van der Waals surface area contributed by atoms with Crippen LogP contribution >= 0.6 is 15.9 Å². The number of hydrogen-bond donors (Lipinski definition) is 0. The summed E-state index contributed by atoms with van der Waals surface area (Å²) >= 11 is 3.07. The Balaban J connectivity index is 3.13. The Kier molecular flexibility index (Phi) is 2.65. The topological polar surface area (TPSA) is 66.2 Å². The molecule has 5 heteroatoms. The molecular formula is C7H5BrNO3-. The highest BCUT2D eigenvalue weighted by Gasteiger charge is 2.05. The fourth-order valence-electron chi connectivity index (χ4n) is 0.784.